The third kappa shape index (κ3) is 4.75. The molecule has 2 aromatic carbocycles. The van der Waals surface area contributed by atoms with E-state index >= 15 is 0 Å². The average Bonchev–Trinajstić information content (AvgIpc) is 2.80. The number of carbonyl (C=O) groups excluding carboxylic acids is 1. The number of rotatable bonds is 7. The second-order valence-corrected chi connectivity index (χ2v) is 7.32. The summed E-state index contributed by atoms with van der Waals surface area (Å²) in [7, 11) is 0. The molecule has 2 aromatic heterocycles. The van der Waals surface area contributed by atoms with Crippen LogP contribution in [0.3, 0.4) is 0 Å². The van der Waals surface area contributed by atoms with Crippen molar-refractivity contribution < 1.29 is 18.7 Å². The molecule has 8 heteroatoms. The van der Waals surface area contributed by atoms with Crippen LogP contribution in [0.25, 0.3) is 10.8 Å². The van der Waals surface area contributed by atoms with E-state index in [-0.39, 0.29) is 11.3 Å². The van der Waals surface area contributed by atoms with Crippen LogP contribution >= 0.6 is 11.8 Å². The summed E-state index contributed by atoms with van der Waals surface area (Å²) in [5.74, 6) is 0.303. The van der Waals surface area contributed by atoms with Crippen molar-refractivity contribution in [3.8, 4) is 11.5 Å². The maximum Gasteiger partial charge on any atom is 0.348 e. The number of ether oxygens (including phenoxy) is 2. The molecule has 0 aliphatic rings. The van der Waals surface area contributed by atoms with Gasteiger partial charge < -0.3 is 13.9 Å². The molecule has 2 heterocycles. The predicted octanol–water partition coefficient (Wildman–Crippen LogP) is 4.49. The number of thioether (sulfide) groups is 1. The van der Waals surface area contributed by atoms with Crippen molar-refractivity contribution in [2.75, 3.05) is 6.61 Å². The molecule has 0 radical (unpaired) electrons. The van der Waals surface area contributed by atoms with Gasteiger partial charge in [-0.3, -0.25) is 4.79 Å². The van der Waals surface area contributed by atoms with Crippen molar-refractivity contribution in [3.63, 3.8) is 0 Å². The highest BCUT2D eigenvalue weighted by Gasteiger charge is 2.20. The minimum atomic E-state index is -0.688. The minimum Gasteiger partial charge on any atom is -0.493 e. The van der Waals surface area contributed by atoms with Gasteiger partial charge in [-0.2, -0.15) is 0 Å². The number of hydrogen-bond donors (Lipinski definition) is 0. The van der Waals surface area contributed by atoms with Gasteiger partial charge in [-0.05, 0) is 29.8 Å². The van der Waals surface area contributed by atoms with Gasteiger partial charge in [0, 0.05) is 18.5 Å². The van der Waals surface area contributed by atoms with Gasteiger partial charge in [-0.25, -0.2) is 14.8 Å². The minimum absolute atomic E-state index is 0.190. The first-order chi connectivity index (χ1) is 15.2. The maximum atomic E-state index is 13.0. The normalized spacial score (nSPS) is 10.7. The molecule has 0 bridgehead atoms. The Balaban J connectivity index is 1.56. The van der Waals surface area contributed by atoms with Crippen LogP contribution in [0.1, 0.15) is 23.0 Å². The Morgan fingerprint density at radius 3 is 2.65 bits per heavy atom. The molecule has 4 rings (SSSR count). The van der Waals surface area contributed by atoms with Crippen LogP contribution in [0.5, 0.6) is 11.5 Å². The molecular formula is C23H18N2O5S. The van der Waals surface area contributed by atoms with Crippen molar-refractivity contribution in [3.05, 3.63) is 88.7 Å². The molecule has 31 heavy (non-hydrogen) atoms. The van der Waals surface area contributed by atoms with E-state index in [0.29, 0.717) is 34.4 Å². The molecule has 7 nitrogen and oxygen atoms in total. The first kappa shape index (κ1) is 20.6. The molecular weight excluding hydrogens is 416 g/mol. The molecule has 0 aliphatic carbocycles. The molecule has 0 spiro atoms. The Kier molecular flexibility index (Phi) is 6.28. The number of aromatic nitrogens is 2. The predicted molar refractivity (Wildman–Crippen MR) is 117 cm³/mol. The lowest BCUT2D eigenvalue weighted by Crippen LogP contribution is -2.16. The monoisotopic (exact) mass is 434 g/mol. The van der Waals surface area contributed by atoms with Crippen molar-refractivity contribution in [1.82, 2.24) is 9.97 Å². The van der Waals surface area contributed by atoms with Crippen LogP contribution < -0.4 is 14.9 Å². The summed E-state index contributed by atoms with van der Waals surface area (Å²) in [5, 5.41) is 2.11. The summed E-state index contributed by atoms with van der Waals surface area (Å²) in [5.41, 5.74) is -0.192. The van der Waals surface area contributed by atoms with E-state index in [2.05, 4.69) is 9.97 Å². The standard InChI is InChI=1S/C23H18N2O5S/c1-2-28-19-9-8-15-6-3-4-7-17(15)21(19)22(27)30-20-13-29-16(12-18(20)26)14-31-23-24-10-5-11-25-23/h3-13H,2,14H2,1H3. The molecule has 0 saturated heterocycles. The third-order valence-corrected chi connectivity index (χ3v) is 5.23. The van der Waals surface area contributed by atoms with Crippen LogP contribution in [0, 0.1) is 0 Å². The lowest BCUT2D eigenvalue weighted by molar-refractivity contribution is 0.0726. The van der Waals surface area contributed by atoms with E-state index in [1.54, 1.807) is 24.5 Å². The molecule has 0 N–H and O–H groups in total. The van der Waals surface area contributed by atoms with E-state index in [4.69, 9.17) is 13.9 Å². The summed E-state index contributed by atoms with van der Waals surface area (Å²) in [4.78, 5) is 33.7. The highest BCUT2D eigenvalue weighted by atomic mass is 32.2. The van der Waals surface area contributed by atoms with Crippen molar-refractivity contribution in [2.45, 2.75) is 17.8 Å². The summed E-state index contributed by atoms with van der Waals surface area (Å²) in [6.45, 7) is 2.22. The summed E-state index contributed by atoms with van der Waals surface area (Å²) in [6, 6.07) is 14.0. The fraction of sp³-hybridized carbons (Fsp3) is 0.130. The van der Waals surface area contributed by atoms with Gasteiger partial charge in [0.05, 0.1) is 12.4 Å². The molecule has 156 valence electrons. The average molecular weight is 434 g/mol. The van der Waals surface area contributed by atoms with Crippen LogP contribution in [0.4, 0.5) is 0 Å². The highest BCUT2D eigenvalue weighted by molar-refractivity contribution is 7.98. The van der Waals surface area contributed by atoms with Crippen molar-refractivity contribution >= 4 is 28.5 Å². The van der Waals surface area contributed by atoms with Gasteiger partial charge in [0.15, 0.2) is 5.16 Å². The van der Waals surface area contributed by atoms with Crippen LogP contribution in [0.2, 0.25) is 0 Å². The maximum absolute atomic E-state index is 13.0. The van der Waals surface area contributed by atoms with Crippen molar-refractivity contribution in [2.24, 2.45) is 0 Å². The number of hydrogen-bond acceptors (Lipinski definition) is 8. The van der Waals surface area contributed by atoms with Crippen LogP contribution in [-0.4, -0.2) is 22.5 Å². The van der Waals surface area contributed by atoms with Crippen molar-refractivity contribution in [1.29, 1.82) is 0 Å². The molecule has 0 aliphatic heterocycles. The molecule has 0 amide bonds. The van der Waals surface area contributed by atoms with Gasteiger partial charge in [-0.1, -0.05) is 42.1 Å². The third-order valence-electron chi connectivity index (χ3n) is 4.34. The zero-order chi connectivity index (χ0) is 21.6. The first-order valence-electron chi connectivity index (χ1n) is 9.54. The first-order valence-corrected chi connectivity index (χ1v) is 10.5. The number of nitrogens with zero attached hydrogens (tertiary/aromatic N) is 2. The smallest absolute Gasteiger partial charge is 0.348 e. The topological polar surface area (TPSA) is 91.5 Å². The van der Waals surface area contributed by atoms with Gasteiger partial charge in [-0.15, -0.1) is 0 Å². The number of fused-ring (bicyclic) bond motifs is 1. The summed E-state index contributed by atoms with van der Waals surface area (Å²) in [6.07, 6.45) is 4.42. The van der Waals surface area contributed by atoms with Crippen LogP contribution in [0.15, 0.2) is 81.6 Å². The number of esters is 1. The highest BCUT2D eigenvalue weighted by Crippen LogP contribution is 2.29. The van der Waals surface area contributed by atoms with E-state index in [9.17, 15) is 9.59 Å². The Morgan fingerprint density at radius 2 is 1.87 bits per heavy atom. The van der Waals surface area contributed by atoms with Gasteiger partial charge in [0.2, 0.25) is 11.2 Å². The SMILES string of the molecule is CCOc1ccc2ccccc2c1C(=O)Oc1coc(CSc2ncccn2)cc1=O. The van der Waals surface area contributed by atoms with E-state index in [0.717, 1.165) is 11.6 Å². The molecule has 0 fully saturated rings. The second kappa shape index (κ2) is 9.44. The van der Waals surface area contributed by atoms with Crippen LogP contribution in [-0.2, 0) is 5.75 Å². The number of benzene rings is 2. The van der Waals surface area contributed by atoms with E-state index in [1.807, 2.05) is 37.3 Å². The summed E-state index contributed by atoms with van der Waals surface area (Å²) >= 11 is 1.33. The largest absolute Gasteiger partial charge is 0.493 e. The van der Waals surface area contributed by atoms with Gasteiger partial charge in [0.1, 0.15) is 23.3 Å². The Bertz CT molecular complexity index is 1270. The Labute approximate surface area is 182 Å². The zero-order valence-corrected chi connectivity index (χ0v) is 17.4. The van der Waals surface area contributed by atoms with E-state index < -0.39 is 11.4 Å². The fourth-order valence-corrected chi connectivity index (χ4v) is 3.67. The lowest BCUT2D eigenvalue weighted by atomic mass is 10.0. The second-order valence-electron chi connectivity index (χ2n) is 6.38. The van der Waals surface area contributed by atoms with Gasteiger partial charge >= 0.3 is 5.97 Å². The van der Waals surface area contributed by atoms with E-state index in [1.165, 1.54) is 17.8 Å². The Hall–Kier alpha value is -3.65. The summed E-state index contributed by atoms with van der Waals surface area (Å²) < 4.78 is 16.5. The fourth-order valence-electron chi connectivity index (χ4n) is 2.97. The molecule has 0 atom stereocenters. The van der Waals surface area contributed by atoms with Gasteiger partial charge in [0.25, 0.3) is 0 Å². The quantitative estimate of drug-likeness (QED) is 0.239. The molecule has 4 aromatic rings. The molecule has 0 unspecified atom stereocenters. The lowest BCUT2D eigenvalue weighted by Gasteiger charge is -2.12. The number of carbonyl (C=O) groups is 1. The molecule has 0 saturated carbocycles. The Morgan fingerprint density at radius 1 is 1.06 bits per heavy atom. The zero-order valence-electron chi connectivity index (χ0n) is 16.6.